The molecule has 1 atom stereocenters. The fourth-order valence-electron chi connectivity index (χ4n) is 4.09. The summed E-state index contributed by atoms with van der Waals surface area (Å²) in [6, 6.07) is 15.1. The van der Waals surface area contributed by atoms with Crippen LogP contribution >= 0.6 is 0 Å². The van der Waals surface area contributed by atoms with E-state index in [1.807, 2.05) is 39.0 Å². The fraction of sp³-hybridized carbons (Fsp3) is 0.276. The van der Waals surface area contributed by atoms with Gasteiger partial charge in [0.2, 0.25) is 5.89 Å². The third kappa shape index (κ3) is 6.40. The average molecular weight is 525 g/mol. The van der Waals surface area contributed by atoms with Crippen LogP contribution in [0, 0.1) is 13.8 Å². The highest BCUT2D eigenvalue weighted by atomic mass is 19.4. The molecule has 2 aromatic carbocycles. The highest BCUT2D eigenvalue weighted by Gasteiger charge is 2.30. The summed E-state index contributed by atoms with van der Waals surface area (Å²) in [4.78, 5) is 19.4. The third-order valence-electron chi connectivity index (χ3n) is 6.24. The number of hydrogen-bond acceptors (Lipinski definition) is 5. The van der Waals surface area contributed by atoms with Crippen molar-refractivity contribution < 1.29 is 32.2 Å². The summed E-state index contributed by atoms with van der Waals surface area (Å²) < 4.78 is 50.2. The maximum Gasteiger partial charge on any atom is 0.417 e. The number of ether oxygens (including phenoxy) is 1. The van der Waals surface area contributed by atoms with Crippen molar-refractivity contribution in [3.05, 3.63) is 88.9 Å². The molecular weight excluding hydrogens is 497 g/mol. The molecule has 0 aliphatic rings. The van der Waals surface area contributed by atoms with Crippen molar-refractivity contribution in [2.45, 2.75) is 45.7 Å². The van der Waals surface area contributed by atoms with Crippen LogP contribution in [-0.2, 0) is 17.4 Å². The van der Waals surface area contributed by atoms with Crippen molar-refractivity contribution in [1.29, 1.82) is 0 Å². The number of carbonyl (C=O) groups is 1. The predicted octanol–water partition coefficient (Wildman–Crippen LogP) is 7.24. The molecule has 0 aliphatic heterocycles. The second kappa shape index (κ2) is 11.1. The number of hydrogen-bond donors (Lipinski definition) is 1. The molecule has 38 heavy (non-hydrogen) atoms. The van der Waals surface area contributed by atoms with E-state index in [1.165, 1.54) is 6.07 Å². The van der Waals surface area contributed by atoms with E-state index in [2.05, 4.69) is 9.97 Å². The molecular formula is C29H27F3N2O4. The molecule has 0 bridgehead atoms. The van der Waals surface area contributed by atoms with Crippen LogP contribution in [0.2, 0.25) is 0 Å². The smallest absolute Gasteiger partial charge is 0.417 e. The lowest BCUT2D eigenvalue weighted by atomic mass is 10.0. The molecule has 9 heteroatoms. The Labute approximate surface area is 218 Å². The van der Waals surface area contributed by atoms with Gasteiger partial charge in [-0.05, 0) is 67.8 Å². The van der Waals surface area contributed by atoms with Crippen molar-refractivity contribution in [1.82, 2.24) is 9.97 Å². The molecule has 0 saturated carbocycles. The standard InChI is InChI=1S/C29H27F3N2O4/c1-17-14-24(11-8-20(17)9-13-26(35)36)37-16-18(2)27-19(3)38-28(34-27)22-6-4-21(5-7-22)25-12-10-23(15-33-25)29(30,31)32/h4-8,10-12,14-15,18H,9,13,16H2,1-3H3,(H,35,36). The van der Waals surface area contributed by atoms with E-state index in [9.17, 15) is 18.0 Å². The van der Waals surface area contributed by atoms with Crippen LogP contribution in [0.25, 0.3) is 22.7 Å². The molecule has 0 spiro atoms. The van der Waals surface area contributed by atoms with E-state index in [4.69, 9.17) is 14.3 Å². The summed E-state index contributed by atoms with van der Waals surface area (Å²) in [6.07, 6.45) is -3.04. The molecule has 1 N–H and O–H groups in total. The summed E-state index contributed by atoms with van der Waals surface area (Å²) >= 11 is 0. The summed E-state index contributed by atoms with van der Waals surface area (Å²) in [5.41, 5.74) is 3.78. The van der Waals surface area contributed by atoms with Crippen molar-refractivity contribution in [2.75, 3.05) is 6.61 Å². The van der Waals surface area contributed by atoms with Gasteiger partial charge in [-0.1, -0.05) is 25.1 Å². The first-order valence-electron chi connectivity index (χ1n) is 12.1. The zero-order valence-electron chi connectivity index (χ0n) is 21.2. The lowest BCUT2D eigenvalue weighted by Crippen LogP contribution is -2.09. The van der Waals surface area contributed by atoms with Crippen LogP contribution in [0.5, 0.6) is 5.75 Å². The van der Waals surface area contributed by atoms with Gasteiger partial charge in [-0.15, -0.1) is 0 Å². The molecule has 4 aromatic rings. The SMILES string of the molecule is Cc1cc(OCC(C)c2nc(-c3ccc(-c4ccc(C(F)(F)F)cn4)cc3)oc2C)ccc1CCC(=O)O. The first kappa shape index (κ1) is 26.9. The Hall–Kier alpha value is -4.14. The summed E-state index contributed by atoms with van der Waals surface area (Å²) in [5, 5.41) is 8.89. The lowest BCUT2D eigenvalue weighted by Gasteiger charge is -2.13. The minimum atomic E-state index is -4.43. The number of oxazole rings is 1. The molecule has 0 saturated heterocycles. The van der Waals surface area contributed by atoms with Crippen molar-refractivity contribution in [3.63, 3.8) is 0 Å². The molecule has 0 amide bonds. The summed E-state index contributed by atoms with van der Waals surface area (Å²) in [7, 11) is 0. The van der Waals surface area contributed by atoms with Gasteiger partial charge >= 0.3 is 12.1 Å². The Kier molecular flexibility index (Phi) is 7.85. The van der Waals surface area contributed by atoms with Gasteiger partial charge in [-0.25, -0.2) is 4.98 Å². The molecule has 2 aromatic heterocycles. The van der Waals surface area contributed by atoms with Crippen LogP contribution in [0.4, 0.5) is 13.2 Å². The second-order valence-corrected chi connectivity index (χ2v) is 9.16. The Balaban J connectivity index is 1.41. The van der Waals surface area contributed by atoms with E-state index < -0.39 is 17.7 Å². The summed E-state index contributed by atoms with van der Waals surface area (Å²) in [6.45, 7) is 6.13. The zero-order chi connectivity index (χ0) is 27.4. The van der Waals surface area contributed by atoms with Crippen molar-refractivity contribution >= 4 is 5.97 Å². The van der Waals surface area contributed by atoms with Gasteiger partial charge in [0.1, 0.15) is 11.5 Å². The zero-order valence-corrected chi connectivity index (χ0v) is 21.2. The maximum atomic E-state index is 12.8. The number of aliphatic carboxylic acids is 1. The molecule has 0 fully saturated rings. The Morgan fingerprint density at radius 2 is 1.76 bits per heavy atom. The van der Waals surface area contributed by atoms with Gasteiger partial charge in [0.25, 0.3) is 0 Å². The first-order chi connectivity index (χ1) is 18.0. The van der Waals surface area contributed by atoms with Crippen LogP contribution in [-0.4, -0.2) is 27.7 Å². The molecule has 0 radical (unpaired) electrons. The van der Waals surface area contributed by atoms with Crippen LogP contribution in [0.3, 0.4) is 0 Å². The number of rotatable bonds is 9. The Bertz CT molecular complexity index is 1410. The van der Waals surface area contributed by atoms with Gasteiger partial charge in [-0.2, -0.15) is 13.2 Å². The number of carboxylic acids is 1. The largest absolute Gasteiger partial charge is 0.493 e. The van der Waals surface area contributed by atoms with Crippen LogP contribution in [0.15, 0.2) is 65.2 Å². The van der Waals surface area contributed by atoms with E-state index in [1.54, 1.807) is 24.3 Å². The third-order valence-corrected chi connectivity index (χ3v) is 6.24. The van der Waals surface area contributed by atoms with Gasteiger partial charge in [0.15, 0.2) is 0 Å². The number of carboxylic acid groups (broad SMARTS) is 1. The molecule has 6 nitrogen and oxygen atoms in total. The summed E-state index contributed by atoms with van der Waals surface area (Å²) in [5.74, 6) is 0.921. The molecule has 4 rings (SSSR count). The topological polar surface area (TPSA) is 85.5 Å². The van der Waals surface area contributed by atoms with E-state index in [-0.39, 0.29) is 12.3 Å². The Morgan fingerprint density at radius 1 is 1.05 bits per heavy atom. The van der Waals surface area contributed by atoms with Crippen molar-refractivity contribution in [3.8, 4) is 28.5 Å². The minimum absolute atomic E-state index is 0.0601. The lowest BCUT2D eigenvalue weighted by molar-refractivity contribution is -0.138. The second-order valence-electron chi connectivity index (χ2n) is 9.16. The minimum Gasteiger partial charge on any atom is -0.493 e. The van der Waals surface area contributed by atoms with Crippen LogP contribution < -0.4 is 4.74 Å². The first-order valence-corrected chi connectivity index (χ1v) is 12.1. The van der Waals surface area contributed by atoms with Crippen molar-refractivity contribution in [2.24, 2.45) is 0 Å². The van der Waals surface area contributed by atoms with Gasteiger partial charge in [0.05, 0.1) is 23.6 Å². The highest BCUT2D eigenvalue weighted by molar-refractivity contribution is 5.67. The predicted molar refractivity (Wildman–Crippen MR) is 136 cm³/mol. The number of aryl methyl sites for hydroxylation is 3. The van der Waals surface area contributed by atoms with Gasteiger partial charge < -0.3 is 14.3 Å². The molecule has 2 heterocycles. The monoisotopic (exact) mass is 524 g/mol. The average Bonchev–Trinajstić information content (AvgIpc) is 3.28. The van der Waals surface area contributed by atoms with Gasteiger partial charge in [0, 0.05) is 29.7 Å². The van der Waals surface area contributed by atoms with E-state index in [0.717, 1.165) is 34.6 Å². The number of alkyl halides is 3. The molecule has 198 valence electrons. The molecule has 0 aliphatic carbocycles. The van der Waals surface area contributed by atoms with Gasteiger partial charge in [-0.3, -0.25) is 9.78 Å². The number of halogens is 3. The van der Waals surface area contributed by atoms with E-state index >= 15 is 0 Å². The fourth-order valence-corrected chi connectivity index (χ4v) is 4.09. The quantitative estimate of drug-likeness (QED) is 0.248. The number of pyridine rings is 1. The normalized spacial score (nSPS) is 12.4. The number of aromatic nitrogens is 2. The van der Waals surface area contributed by atoms with Crippen LogP contribution in [0.1, 0.15) is 47.4 Å². The highest BCUT2D eigenvalue weighted by Crippen LogP contribution is 2.31. The molecule has 1 unspecified atom stereocenters. The van der Waals surface area contributed by atoms with E-state index in [0.29, 0.717) is 41.7 Å². The Morgan fingerprint density at radius 3 is 2.37 bits per heavy atom. The number of nitrogens with zero attached hydrogens (tertiary/aromatic N) is 2. The number of benzene rings is 2. The maximum absolute atomic E-state index is 12.8.